The van der Waals surface area contributed by atoms with Crippen LogP contribution in [0.1, 0.15) is 43.0 Å². The second kappa shape index (κ2) is 8.55. The highest BCUT2D eigenvalue weighted by Crippen LogP contribution is 2.55. The first kappa shape index (κ1) is 22.8. The molecule has 2 aliphatic heterocycles. The van der Waals surface area contributed by atoms with Crippen LogP contribution in [0.5, 0.6) is 5.75 Å². The van der Waals surface area contributed by atoms with Crippen LogP contribution in [-0.4, -0.2) is 34.5 Å². The zero-order valence-corrected chi connectivity index (χ0v) is 20.1. The predicted octanol–water partition coefficient (Wildman–Crippen LogP) is 3.40. The van der Waals surface area contributed by atoms with E-state index in [1.807, 2.05) is 57.2 Å². The molecule has 2 aromatic carbocycles. The Balaban J connectivity index is 1.80. The molecular weight excluding hydrogens is 440 g/mol. The minimum absolute atomic E-state index is 0.221. The van der Waals surface area contributed by atoms with Gasteiger partial charge in [-0.1, -0.05) is 29.8 Å². The summed E-state index contributed by atoms with van der Waals surface area (Å²) >= 11 is 1.09. The fourth-order valence-electron chi connectivity index (χ4n) is 4.33. The molecule has 8 nitrogen and oxygen atoms in total. The van der Waals surface area contributed by atoms with Gasteiger partial charge in [0.05, 0.1) is 18.8 Å². The number of anilines is 1. The molecule has 1 spiro atoms. The molecule has 2 aromatic rings. The minimum Gasteiger partial charge on any atom is -0.494 e. The lowest BCUT2D eigenvalue weighted by atomic mass is 10.0. The van der Waals surface area contributed by atoms with Crippen LogP contribution in [0.4, 0.5) is 5.69 Å². The van der Waals surface area contributed by atoms with E-state index in [-0.39, 0.29) is 22.9 Å². The van der Waals surface area contributed by atoms with Crippen LogP contribution in [0.15, 0.2) is 41.5 Å². The lowest BCUT2D eigenvalue weighted by Gasteiger charge is -2.29. The fourth-order valence-corrected chi connectivity index (χ4v) is 5.64. The maximum absolute atomic E-state index is 14.1. The summed E-state index contributed by atoms with van der Waals surface area (Å²) in [7, 11) is 0. The number of carbonyl (C=O) groups excluding carboxylic acids is 3. The number of fused-ring (bicyclic) bond motifs is 2. The van der Waals surface area contributed by atoms with E-state index in [2.05, 4.69) is 10.4 Å². The third-order valence-corrected chi connectivity index (χ3v) is 6.74. The molecule has 0 radical (unpaired) electrons. The fraction of sp³-hybridized carbons (Fsp3) is 0.333. The predicted molar refractivity (Wildman–Crippen MR) is 128 cm³/mol. The lowest BCUT2D eigenvalue weighted by Crippen LogP contribution is -2.48. The van der Waals surface area contributed by atoms with Gasteiger partial charge in [-0.3, -0.25) is 14.4 Å². The summed E-state index contributed by atoms with van der Waals surface area (Å²) in [5.74, 6) is -0.215. The van der Waals surface area contributed by atoms with Crippen molar-refractivity contribution in [1.82, 2.24) is 10.3 Å². The average molecular weight is 467 g/mol. The van der Waals surface area contributed by atoms with Gasteiger partial charge in [-0.25, -0.2) is 0 Å². The molecule has 0 aliphatic carbocycles. The maximum Gasteiger partial charge on any atom is 0.271 e. The van der Waals surface area contributed by atoms with Crippen molar-refractivity contribution in [3.05, 3.63) is 58.7 Å². The van der Waals surface area contributed by atoms with Gasteiger partial charge < -0.3 is 15.0 Å². The number of rotatable bonds is 4. The van der Waals surface area contributed by atoms with Gasteiger partial charge in [0.2, 0.25) is 16.7 Å². The van der Waals surface area contributed by atoms with Crippen LogP contribution in [-0.2, 0) is 25.8 Å². The van der Waals surface area contributed by atoms with Gasteiger partial charge in [0.25, 0.3) is 5.91 Å². The number of hydrogen-bond acceptors (Lipinski definition) is 6. The highest BCUT2D eigenvalue weighted by Gasteiger charge is 2.61. The number of nitrogens with zero attached hydrogens (tertiary/aromatic N) is 3. The van der Waals surface area contributed by atoms with E-state index in [0.717, 1.165) is 39.9 Å². The van der Waals surface area contributed by atoms with Crippen LogP contribution >= 0.6 is 11.8 Å². The van der Waals surface area contributed by atoms with Crippen LogP contribution in [0.3, 0.4) is 0 Å². The third kappa shape index (κ3) is 3.86. The molecule has 1 atom stereocenters. The van der Waals surface area contributed by atoms with Crippen molar-refractivity contribution in [2.45, 2.75) is 46.0 Å². The summed E-state index contributed by atoms with van der Waals surface area (Å²) in [5, 5.41) is 8.37. The maximum atomic E-state index is 14.1. The van der Waals surface area contributed by atoms with Gasteiger partial charge in [0.1, 0.15) is 5.75 Å². The third-order valence-electron chi connectivity index (χ3n) is 5.50. The topological polar surface area (TPSA) is 91.3 Å². The van der Waals surface area contributed by atoms with Crippen molar-refractivity contribution in [2.75, 3.05) is 11.5 Å². The first-order valence-corrected chi connectivity index (χ1v) is 11.5. The van der Waals surface area contributed by atoms with E-state index in [0.29, 0.717) is 18.7 Å². The van der Waals surface area contributed by atoms with Crippen molar-refractivity contribution in [3.8, 4) is 5.75 Å². The Labute approximate surface area is 197 Å². The second-order valence-electron chi connectivity index (χ2n) is 8.11. The molecule has 0 saturated heterocycles. The van der Waals surface area contributed by atoms with E-state index in [4.69, 9.17) is 4.74 Å². The number of carbonyl (C=O) groups is 3. The number of nitrogens with one attached hydrogen (secondary N) is 1. The normalized spacial score (nSPS) is 19.1. The van der Waals surface area contributed by atoms with E-state index in [1.54, 1.807) is 4.90 Å². The van der Waals surface area contributed by atoms with Crippen molar-refractivity contribution < 1.29 is 19.1 Å². The zero-order chi connectivity index (χ0) is 23.9. The highest BCUT2D eigenvalue weighted by atomic mass is 32.2. The van der Waals surface area contributed by atoms with Crippen LogP contribution in [0, 0.1) is 13.8 Å². The monoisotopic (exact) mass is 466 g/mol. The number of amides is 3. The van der Waals surface area contributed by atoms with E-state index in [9.17, 15) is 14.4 Å². The SMILES string of the molecule is CCOc1ccc(CN2C(=O)[C@@]3(SC(NC(C)=O)=NN3C(C)=O)c3cc(C)cc(C)c32)cc1. The molecule has 9 heteroatoms. The van der Waals surface area contributed by atoms with Gasteiger partial charge in [-0.05, 0) is 55.8 Å². The Morgan fingerprint density at radius 2 is 1.85 bits per heavy atom. The van der Waals surface area contributed by atoms with Crippen LogP contribution in [0.2, 0.25) is 0 Å². The molecule has 172 valence electrons. The quantitative estimate of drug-likeness (QED) is 0.746. The number of hydrogen-bond donors (Lipinski definition) is 1. The Bertz CT molecular complexity index is 1180. The molecule has 3 amide bonds. The minimum atomic E-state index is -1.40. The standard InChI is InChI=1S/C24H26N4O4S/c1-6-32-19-9-7-18(8-10-19)13-27-21-15(3)11-14(2)12-20(21)24(22(27)31)28(17(5)30)26-23(33-24)25-16(4)29/h7-12H,6,13H2,1-5H3,(H,25,26,29)/t24-/m0/s1. The number of aryl methyl sites for hydroxylation is 2. The summed E-state index contributed by atoms with van der Waals surface area (Å²) in [6.07, 6.45) is 0. The van der Waals surface area contributed by atoms with Gasteiger partial charge in [0.15, 0.2) is 5.17 Å². The summed E-state index contributed by atoms with van der Waals surface area (Å²) in [6, 6.07) is 11.5. The number of ether oxygens (including phenoxy) is 1. The van der Waals surface area contributed by atoms with Gasteiger partial charge in [0, 0.05) is 19.4 Å². The Morgan fingerprint density at radius 1 is 1.15 bits per heavy atom. The molecule has 2 heterocycles. The van der Waals surface area contributed by atoms with Crippen LogP contribution < -0.4 is 15.0 Å². The Hall–Kier alpha value is -3.33. The number of benzene rings is 2. The molecule has 2 aliphatic rings. The van der Waals surface area contributed by atoms with E-state index >= 15 is 0 Å². The zero-order valence-electron chi connectivity index (χ0n) is 19.3. The number of amidine groups is 1. The average Bonchev–Trinajstić information content (AvgIpc) is 3.22. The molecule has 4 rings (SSSR count). The van der Waals surface area contributed by atoms with Crippen molar-refractivity contribution in [2.24, 2.45) is 5.10 Å². The van der Waals surface area contributed by atoms with Gasteiger partial charge in [-0.15, -0.1) is 5.10 Å². The summed E-state index contributed by atoms with van der Waals surface area (Å²) in [4.78, 5) is 38.7. The summed E-state index contributed by atoms with van der Waals surface area (Å²) < 4.78 is 5.52. The molecule has 0 bridgehead atoms. The van der Waals surface area contributed by atoms with Gasteiger partial charge in [-0.2, -0.15) is 5.01 Å². The summed E-state index contributed by atoms with van der Waals surface area (Å²) in [6.45, 7) is 9.47. The van der Waals surface area contributed by atoms with Gasteiger partial charge >= 0.3 is 0 Å². The smallest absolute Gasteiger partial charge is 0.271 e. The molecule has 0 saturated carbocycles. The van der Waals surface area contributed by atoms with Crippen LogP contribution in [0.25, 0.3) is 0 Å². The molecule has 33 heavy (non-hydrogen) atoms. The first-order valence-electron chi connectivity index (χ1n) is 10.7. The van der Waals surface area contributed by atoms with Crippen molar-refractivity contribution in [1.29, 1.82) is 0 Å². The lowest BCUT2D eigenvalue weighted by molar-refractivity contribution is -0.139. The van der Waals surface area contributed by atoms with Crippen molar-refractivity contribution in [3.63, 3.8) is 0 Å². The molecule has 1 N–H and O–H groups in total. The molecule has 0 aromatic heterocycles. The van der Waals surface area contributed by atoms with E-state index < -0.39 is 4.87 Å². The van der Waals surface area contributed by atoms with E-state index in [1.165, 1.54) is 18.9 Å². The largest absolute Gasteiger partial charge is 0.494 e. The number of hydrazone groups is 1. The Kier molecular flexibility index (Phi) is 5.92. The Morgan fingerprint density at radius 3 is 2.45 bits per heavy atom. The molecule has 0 unspecified atom stereocenters. The van der Waals surface area contributed by atoms with Crippen molar-refractivity contribution >= 4 is 40.3 Å². The number of thioether (sulfide) groups is 1. The molecule has 0 fully saturated rings. The highest BCUT2D eigenvalue weighted by molar-refractivity contribution is 8.15. The first-order chi connectivity index (χ1) is 15.7. The molecular formula is C24H26N4O4S. The summed E-state index contributed by atoms with van der Waals surface area (Å²) in [5.41, 5.74) is 4.28. The second-order valence-corrected chi connectivity index (χ2v) is 9.29.